The lowest BCUT2D eigenvalue weighted by Gasteiger charge is -2.06. The molecule has 0 aliphatic heterocycles. The maximum absolute atomic E-state index is 9.07. The van der Waals surface area contributed by atoms with Crippen LogP contribution in [0, 0.1) is 0 Å². The first-order chi connectivity index (χ1) is 25.3. The maximum Gasteiger partial charge on any atom is 0.488 e. The van der Waals surface area contributed by atoms with Crippen LogP contribution in [0.4, 0.5) is 0 Å². The van der Waals surface area contributed by atoms with E-state index >= 15 is 0 Å². The molecule has 0 saturated heterocycles. The molecule has 0 bridgehead atoms. The largest absolute Gasteiger partial charge is 0.488 e. The van der Waals surface area contributed by atoms with Crippen LogP contribution in [-0.2, 0) is 0 Å². The molecule has 0 unspecified atom stereocenters. The lowest BCUT2D eigenvalue weighted by Crippen LogP contribution is -2.29. The molecule has 0 radical (unpaired) electrons. The third kappa shape index (κ3) is 6.64. The highest BCUT2D eigenvalue weighted by Gasteiger charge is 2.14. The van der Waals surface area contributed by atoms with Gasteiger partial charge in [0.2, 0.25) is 10.6 Å². The highest BCUT2D eigenvalue weighted by Crippen LogP contribution is 2.34. The van der Waals surface area contributed by atoms with Gasteiger partial charge in [-0.05, 0) is 77.2 Å². The van der Waals surface area contributed by atoms with E-state index in [4.69, 9.17) is 53.7 Å². The summed E-state index contributed by atoms with van der Waals surface area (Å²) in [7, 11) is -1.46. The summed E-state index contributed by atoms with van der Waals surface area (Å²) in [6, 6.07) is 42.4. The predicted molar refractivity (Wildman–Crippen MR) is 210 cm³/mol. The molecule has 252 valence electrons. The minimum atomic E-state index is -1.46. The van der Waals surface area contributed by atoms with Gasteiger partial charge in [0, 0.05) is 37.9 Å². The number of aromatic nitrogens is 4. The first-order valence-electron chi connectivity index (χ1n) is 16.0. The summed E-state index contributed by atoms with van der Waals surface area (Å²) in [5.74, 6) is 0. The lowest BCUT2D eigenvalue weighted by atomic mass is 9.80. The van der Waals surface area contributed by atoms with E-state index in [1.54, 1.807) is 12.1 Å². The molecule has 0 fully saturated rings. The van der Waals surface area contributed by atoms with Gasteiger partial charge in [-0.25, -0.2) is 19.9 Å². The zero-order valence-corrected chi connectivity index (χ0v) is 29.2. The van der Waals surface area contributed by atoms with Crippen molar-refractivity contribution in [2.24, 2.45) is 0 Å². The highest BCUT2D eigenvalue weighted by molar-refractivity contribution is 6.59. The summed E-state index contributed by atoms with van der Waals surface area (Å²) in [5, 5.41) is 25.0. The molecule has 0 aliphatic rings. The van der Waals surface area contributed by atoms with Crippen LogP contribution >= 0.6 is 34.8 Å². The van der Waals surface area contributed by atoms with Crippen LogP contribution in [-0.4, -0.2) is 37.1 Å². The molecular formula is C40H24BCl3N4O4. The summed E-state index contributed by atoms with van der Waals surface area (Å²) in [4.78, 5) is 16.6. The smallest absolute Gasteiger partial charge is 0.456 e. The van der Waals surface area contributed by atoms with Gasteiger partial charge in [0.05, 0.1) is 16.7 Å². The van der Waals surface area contributed by atoms with Crippen LogP contribution in [0.5, 0.6) is 0 Å². The zero-order valence-electron chi connectivity index (χ0n) is 26.9. The maximum atomic E-state index is 9.07. The fraction of sp³-hybridized carbons (Fsp3) is 0. The second kappa shape index (κ2) is 14.2. The minimum Gasteiger partial charge on any atom is -0.456 e. The molecular weight excluding hydrogens is 718 g/mol. The molecule has 10 aromatic rings. The molecule has 6 aromatic carbocycles. The Morgan fingerprint density at radius 1 is 0.442 bits per heavy atom. The van der Waals surface area contributed by atoms with Crippen molar-refractivity contribution in [3.63, 3.8) is 0 Å². The summed E-state index contributed by atoms with van der Waals surface area (Å²) in [5.41, 5.74) is 7.01. The Kier molecular flexibility index (Phi) is 9.19. The number of rotatable bonds is 2. The zero-order chi connectivity index (χ0) is 35.8. The second-order valence-electron chi connectivity index (χ2n) is 11.7. The lowest BCUT2D eigenvalue weighted by molar-refractivity contribution is 0.425. The molecule has 0 aliphatic carbocycles. The third-order valence-corrected chi connectivity index (χ3v) is 9.08. The Morgan fingerprint density at radius 2 is 0.923 bits per heavy atom. The van der Waals surface area contributed by atoms with Crippen molar-refractivity contribution in [1.29, 1.82) is 0 Å². The number of fused-ring (bicyclic) bond motifs is 8. The van der Waals surface area contributed by atoms with Crippen molar-refractivity contribution in [2.75, 3.05) is 0 Å². The van der Waals surface area contributed by atoms with E-state index in [0.717, 1.165) is 71.4 Å². The number of benzene rings is 6. The predicted octanol–water partition coefficient (Wildman–Crippen LogP) is 10.1. The van der Waals surface area contributed by atoms with Gasteiger partial charge in [-0.1, -0.05) is 96.5 Å². The van der Waals surface area contributed by atoms with E-state index in [9.17, 15) is 0 Å². The molecule has 4 heterocycles. The Morgan fingerprint density at radius 3 is 1.56 bits per heavy atom. The molecule has 10 rings (SSSR count). The van der Waals surface area contributed by atoms with Gasteiger partial charge >= 0.3 is 7.12 Å². The van der Waals surface area contributed by atoms with Gasteiger partial charge in [-0.3, -0.25) is 0 Å². The molecule has 52 heavy (non-hydrogen) atoms. The van der Waals surface area contributed by atoms with Crippen molar-refractivity contribution in [3.05, 3.63) is 149 Å². The quantitative estimate of drug-likeness (QED) is 0.102. The van der Waals surface area contributed by atoms with Gasteiger partial charge in [0.25, 0.3) is 0 Å². The van der Waals surface area contributed by atoms with Gasteiger partial charge < -0.3 is 18.9 Å². The third-order valence-electron chi connectivity index (χ3n) is 8.46. The normalized spacial score (nSPS) is 11.2. The van der Waals surface area contributed by atoms with Crippen LogP contribution in [0.15, 0.2) is 142 Å². The molecule has 12 heteroatoms. The van der Waals surface area contributed by atoms with Crippen molar-refractivity contribution >= 4 is 113 Å². The van der Waals surface area contributed by atoms with Crippen LogP contribution < -0.4 is 5.46 Å². The molecule has 2 N–H and O–H groups in total. The van der Waals surface area contributed by atoms with E-state index < -0.39 is 7.12 Å². The number of nitrogens with zero attached hydrogens (tertiary/aromatic N) is 4. The fourth-order valence-electron chi connectivity index (χ4n) is 6.06. The van der Waals surface area contributed by atoms with Gasteiger partial charge in [0.15, 0.2) is 0 Å². The molecule has 0 atom stereocenters. The number of para-hydroxylation sites is 4. The minimum absolute atomic E-state index is 0.179. The van der Waals surface area contributed by atoms with E-state index in [2.05, 4.69) is 38.1 Å². The van der Waals surface area contributed by atoms with Gasteiger partial charge in [-0.2, -0.15) is 0 Å². The van der Waals surface area contributed by atoms with E-state index in [1.165, 1.54) is 0 Å². The van der Waals surface area contributed by atoms with Crippen molar-refractivity contribution < 1.29 is 18.9 Å². The standard InChI is InChI=1S/C20H11ClN2O.C12H9BO3.C8H4Cl2N2/c21-20-22-16-7-3-1-6-15(16)19(23-20)12-9-10-14-13-5-2-4-8-17(13)24-18(14)11-12;14-13(15)8-5-6-10-9-3-1-2-4-11(9)16-12(10)7-8;9-7-5-3-1-2-4-6(5)11-8(10)12-7/h1-11H;1-7,14-15H;1-4H. The molecule has 0 spiro atoms. The molecule has 8 nitrogen and oxygen atoms in total. The van der Waals surface area contributed by atoms with Gasteiger partial charge in [-0.15, -0.1) is 0 Å². The van der Waals surface area contributed by atoms with E-state index in [1.807, 2.05) is 103 Å². The summed E-state index contributed by atoms with van der Waals surface area (Å²) < 4.78 is 11.6. The van der Waals surface area contributed by atoms with E-state index in [0.29, 0.717) is 16.2 Å². The van der Waals surface area contributed by atoms with Crippen molar-refractivity contribution in [3.8, 4) is 11.3 Å². The first kappa shape index (κ1) is 33.6. The number of furan rings is 2. The van der Waals surface area contributed by atoms with Crippen LogP contribution in [0.1, 0.15) is 0 Å². The topological polar surface area (TPSA) is 118 Å². The van der Waals surface area contributed by atoms with Crippen molar-refractivity contribution in [2.45, 2.75) is 0 Å². The number of hydrogen-bond donors (Lipinski definition) is 2. The highest BCUT2D eigenvalue weighted by atomic mass is 35.5. The SMILES string of the molecule is Clc1nc(-c2ccc3c(c2)oc2ccccc23)c2ccccc2n1.Clc1nc(Cl)c2ccccc2n1.OB(O)c1ccc2c(c1)oc1ccccc12. The van der Waals surface area contributed by atoms with E-state index in [-0.39, 0.29) is 10.6 Å². The summed E-state index contributed by atoms with van der Waals surface area (Å²) >= 11 is 17.6. The average Bonchev–Trinajstić information content (AvgIpc) is 3.72. The first-order valence-corrected chi connectivity index (χ1v) is 17.1. The Labute approximate surface area is 311 Å². The summed E-state index contributed by atoms with van der Waals surface area (Å²) in [6.45, 7) is 0. The Hall–Kier alpha value is -5.55. The summed E-state index contributed by atoms with van der Waals surface area (Å²) in [6.07, 6.45) is 0. The van der Waals surface area contributed by atoms with Gasteiger partial charge in [0.1, 0.15) is 27.5 Å². The molecule has 0 amide bonds. The number of hydrogen-bond acceptors (Lipinski definition) is 8. The number of halogens is 3. The monoisotopic (exact) mass is 740 g/mol. The average molecular weight is 742 g/mol. The van der Waals surface area contributed by atoms with Crippen LogP contribution in [0.3, 0.4) is 0 Å². The van der Waals surface area contributed by atoms with Crippen molar-refractivity contribution in [1.82, 2.24) is 19.9 Å². The Balaban J connectivity index is 0.000000120. The molecule has 0 saturated carbocycles. The molecule has 4 aromatic heterocycles. The van der Waals surface area contributed by atoms with Crippen LogP contribution in [0.25, 0.3) is 76.9 Å². The Bertz CT molecular complexity index is 2910. The van der Waals surface area contributed by atoms with Crippen LogP contribution in [0.2, 0.25) is 15.7 Å². The fourth-order valence-corrected chi connectivity index (χ4v) is 6.69. The second-order valence-corrected chi connectivity index (χ2v) is 12.7.